The van der Waals surface area contributed by atoms with Gasteiger partial charge in [-0.15, -0.1) is 11.3 Å². The summed E-state index contributed by atoms with van der Waals surface area (Å²) in [5.41, 5.74) is 0.226. The number of carbonyl (C=O) groups is 1. The maximum atomic E-state index is 12.9. The van der Waals surface area contributed by atoms with Crippen molar-refractivity contribution in [2.45, 2.75) is 38.6 Å². The van der Waals surface area contributed by atoms with Crippen molar-refractivity contribution in [3.63, 3.8) is 0 Å². The summed E-state index contributed by atoms with van der Waals surface area (Å²) in [4.78, 5) is 32.5. The molecule has 0 saturated carbocycles. The van der Waals surface area contributed by atoms with E-state index in [1.807, 2.05) is 6.92 Å². The molecule has 0 atom stereocenters. The minimum Gasteiger partial charge on any atom is -0.462 e. The summed E-state index contributed by atoms with van der Waals surface area (Å²) >= 11 is 1.32. The van der Waals surface area contributed by atoms with E-state index in [1.165, 1.54) is 11.3 Å². The van der Waals surface area contributed by atoms with Crippen LogP contribution in [0.15, 0.2) is 16.5 Å². The maximum Gasteiger partial charge on any atom is 0.339 e. The van der Waals surface area contributed by atoms with Gasteiger partial charge in [0.1, 0.15) is 4.83 Å². The lowest BCUT2D eigenvalue weighted by molar-refractivity contribution is 0.0502. The summed E-state index contributed by atoms with van der Waals surface area (Å²) in [7, 11) is 2.09. The lowest BCUT2D eigenvalue weighted by Crippen LogP contribution is -2.35. The van der Waals surface area contributed by atoms with Gasteiger partial charge in [0.05, 0.1) is 23.9 Å². The lowest BCUT2D eigenvalue weighted by atomic mass is 10.1. The fourth-order valence-electron chi connectivity index (χ4n) is 3.02. The Hall–Kier alpha value is -1.73. The number of piperidine rings is 1. The molecule has 0 bridgehead atoms. The quantitative estimate of drug-likeness (QED) is 0.613. The molecule has 1 aliphatic rings. The van der Waals surface area contributed by atoms with E-state index in [0.717, 1.165) is 38.8 Å². The molecule has 24 heavy (non-hydrogen) atoms. The summed E-state index contributed by atoms with van der Waals surface area (Å²) < 4.78 is 6.97. The van der Waals surface area contributed by atoms with Crippen LogP contribution in [0, 0.1) is 0 Å². The smallest absolute Gasteiger partial charge is 0.339 e. The number of esters is 1. The Bertz CT molecular complexity index is 775. The zero-order chi connectivity index (χ0) is 17.1. The van der Waals surface area contributed by atoms with E-state index in [1.54, 1.807) is 16.3 Å². The van der Waals surface area contributed by atoms with Crippen LogP contribution in [-0.2, 0) is 4.74 Å². The molecule has 0 aromatic carbocycles. The second-order valence-corrected chi connectivity index (χ2v) is 7.17. The number of likely N-dealkylation sites (tertiary alicyclic amines) is 1. The highest BCUT2D eigenvalue weighted by atomic mass is 32.1. The number of aromatic nitrogens is 2. The third-order valence-corrected chi connectivity index (χ3v) is 5.44. The van der Waals surface area contributed by atoms with Crippen LogP contribution in [0.5, 0.6) is 0 Å². The van der Waals surface area contributed by atoms with Gasteiger partial charge in [-0.05, 0) is 39.4 Å². The van der Waals surface area contributed by atoms with Crippen molar-refractivity contribution in [3.8, 4) is 0 Å². The Labute approximate surface area is 145 Å². The molecule has 1 aliphatic heterocycles. The Balaban J connectivity index is 1.91. The Kier molecular flexibility index (Phi) is 5.30. The zero-order valence-corrected chi connectivity index (χ0v) is 15.0. The van der Waals surface area contributed by atoms with Crippen molar-refractivity contribution in [3.05, 3.63) is 27.6 Å². The van der Waals surface area contributed by atoms with Crippen LogP contribution in [0.3, 0.4) is 0 Å². The van der Waals surface area contributed by atoms with Crippen molar-refractivity contribution >= 4 is 27.5 Å². The van der Waals surface area contributed by atoms with Gasteiger partial charge in [-0.2, -0.15) is 0 Å². The molecule has 130 valence electrons. The van der Waals surface area contributed by atoms with Gasteiger partial charge in [-0.25, -0.2) is 9.78 Å². The predicted octanol–water partition coefficient (Wildman–Crippen LogP) is 2.68. The van der Waals surface area contributed by atoms with Crippen LogP contribution < -0.4 is 5.56 Å². The first-order chi connectivity index (χ1) is 11.6. The average Bonchev–Trinajstić information content (AvgIpc) is 3.01. The largest absolute Gasteiger partial charge is 0.462 e. The van der Waals surface area contributed by atoms with Gasteiger partial charge in [-0.1, -0.05) is 13.3 Å². The van der Waals surface area contributed by atoms with Crippen LogP contribution >= 0.6 is 11.3 Å². The summed E-state index contributed by atoms with van der Waals surface area (Å²) in [6, 6.07) is 0.148. The van der Waals surface area contributed by atoms with Gasteiger partial charge in [0.25, 0.3) is 5.56 Å². The highest BCUT2D eigenvalue weighted by Crippen LogP contribution is 2.25. The van der Waals surface area contributed by atoms with Gasteiger partial charge in [-0.3, -0.25) is 9.36 Å². The molecule has 0 amide bonds. The molecule has 0 radical (unpaired) electrons. The molecule has 3 heterocycles. The Morgan fingerprint density at radius 3 is 2.88 bits per heavy atom. The fourth-order valence-corrected chi connectivity index (χ4v) is 3.88. The molecule has 1 saturated heterocycles. The van der Waals surface area contributed by atoms with E-state index >= 15 is 0 Å². The summed E-state index contributed by atoms with van der Waals surface area (Å²) in [5.74, 6) is -0.422. The number of rotatable bonds is 5. The van der Waals surface area contributed by atoms with Gasteiger partial charge >= 0.3 is 5.97 Å². The molecule has 0 N–H and O–H groups in total. The zero-order valence-electron chi connectivity index (χ0n) is 14.2. The van der Waals surface area contributed by atoms with Crippen LogP contribution in [0.4, 0.5) is 0 Å². The third kappa shape index (κ3) is 3.37. The standard InChI is InChI=1S/C17H23N3O3S/c1-3-4-9-23-17(22)13-10-24-15-14(13)16(21)20(11-18-15)12-5-7-19(2)8-6-12/h10-12H,3-9H2,1-2H3. The van der Waals surface area contributed by atoms with Crippen LogP contribution in [0.1, 0.15) is 49.0 Å². The van der Waals surface area contributed by atoms with E-state index in [-0.39, 0.29) is 11.6 Å². The van der Waals surface area contributed by atoms with Gasteiger partial charge in [0.2, 0.25) is 0 Å². The number of hydrogen-bond acceptors (Lipinski definition) is 6. The second kappa shape index (κ2) is 7.44. The normalized spacial score (nSPS) is 16.6. The van der Waals surface area contributed by atoms with Crippen LogP contribution in [-0.4, -0.2) is 47.2 Å². The van der Waals surface area contributed by atoms with Crippen molar-refractivity contribution in [1.29, 1.82) is 0 Å². The highest BCUT2D eigenvalue weighted by molar-refractivity contribution is 7.17. The van der Waals surface area contributed by atoms with E-state index < -0.39 is 5.97 Å². The molecule has 6 nitrogen and oxygen atoms in total. The molecule has 7 heteroatoms. The fraction of sp³-hybridized carbons (Fsp3) is 0.588. The molecule has 0 aliphatic carbocycles. The Morgan fingerprint density at radius 1 is 1.42 bits per heavy atom. The van der Waals surface area contributed by atoms with E-state index in [4.69, 9.17) is 4.74 Å². The summed E-state index contributed by atoms with van der Waals surface area (Å²) in [5, 5.41) is 2.09. The number of fused-ring (bicyclic) bond motifs is 1. The van der Waals surface area contributed by atoms with E-state index in [9.17, 15) is 9.59 Å². The summed E-state index contributed by atoms with van der Waals surface area (Å²) in [6.45, 7) is 4.35. The van der Waals surface area contributed by atoms with Crippen LogP contribution in [0.25, 0.3) is 10.2 Å². The van der Waals surface area contributed by atoms with Crippen molar-refractivity contribution in [2.75, 3.05) is 26.7 Å². The van der Waals surface area contributed by atoms with Crippen molar-refractivity contribution < 1.29 is 9.53 Å². The molecule has 2 aromatic rings. The minimum absolute atomic E-state index is 0.127. The van der Waals surface area contributed by atoms with E-state index in [0.29, 0.717) is 22.4 Å². The average molecular weight is 349 g/mol. The van der Waals surface area contributed by atoms with Gasteiger partial charge < -0.3 is 9.64 Å². The molecule has 3 rings (SSSR count). The lowest BCUT2D eigenvalue weighted by Gasteiger charge is -2.29. The first-order valence-electron chi connectivity index (χ1n) is 8.45. The first kappa shape index (κ1) is 17.1. The molecular formula is C17H23N3O3S. The number of thiophene rings is 1. The maximum absolute atomic E-state index is 12.9. The topological polar surface area (TPSA) is 64.4 Å². The Morgan fingerprint density at radius 2 is 2.17 bits per heavy atom. The molecule has 0 spiro atoms. The first-order valence-corrected chi connectivity index (χ1v) is 9.33. The third-order valence-electron chi connectivity index (χ3n) is 4.55. The van der Waals surface area contributed by atoms with Gasteiger partial charge in [0, 0.05) is 11.4 Å². The van der Waals surface area contributed by atoms with E-state index in [2.05, 4.69) is 16.9 Å². The monoisotopic (exact) mass is 349 g/mol. The van der Waals surface area contributed by atoms with Crippen molar-refractivity contribution in [2.24, 2.45) is 0 Å². The number of carbonyl (C=O) groups excluding carboxylic acids is 1. The molecule has 2 aromatic heterocycles. The SMILES string of the molecule is CCCCOC(=O)c1csc2ncn(C3CCN(C)CC3)c(=O)c12. The molecule has 0 unspecified atom stereocenters. The number of hydrogen-bond donors (Lipinski definition) is 0. The van der Waals surface area contributed by atoms with Crippen LogP contribution in [0.2, 0.25) is 0 Å². The number of ether oxygens (including phenoxy) is 1. The van der Waals surface area contributed by atoms with Crippen molar-refractivity contribution in [1.82, 2.24) is 14.5 Å². The summed E-state index contributed by atoms with van der Waals surface area (Å²) in [6.07, 6.45) is 5.26. The minimum atomic E-state index is -0.422. The van der Waals surface area contributed by atoms with Gasteiger partial charge in [0.15, 0.2) is 0 Å². The highest BCUT2D eigenvalue weighted by Gasteiger charge is 2.23. The number of nitrogens with zero attached hydrogens (tertiary/aromatic N) is 3. The number of unbranched alkanes of at least 4 members (excludes halogenated alkanes) is 1. The molecular weight excluding hydrogens is 326 g/mol. The predicted molar refractivity (Wildman–Crippen MR) is 94.8 cm³/mol. The second-order valence-electron chi connectivity index (χ2n) is 6.31. The molecule has 1 fully saturated rings.